The van der Waals surface area contributed by atoms with E-state index >= 15 is 0 Å². The Morgan fingerprint density at radius 2 is 2.50 bits per heavy atom. The van der Waals surface area contributed by atoms with E-state index in [1.54, 1.807) is 6.92 Å². The molecule has 0 bridgehead atoms. The Morgan fingerprint density at radius 1 is 1.69 bits per heavy atom. The summed E-state index contributed by atoms with van der Waals surface area (Å²) in [5.41, 5.74) is -0.315. The first-order valence-corrected chi connectivity index (χ1v) is 5.42. The smallest absolute Gasteiger partial charge is 0.360 e. The molecule has 1 atom stereocenters. The lowest BCUT2D eigenvalue weighted by atomic mass is 9.98. The van der Waals surface area contributed by atoms with Crippen molar-refractivity contribution in [2.24, 2.45) is 0 Å². The molecule has 2 heterocycles. The third kappa shape index (κ3) is 1.82. The Labute approximate surface area is 93.7 Å². The fourth-order valence-electron chi connectivity index (χ4n) is 1.92. The number of aromatic nitrogens is 1. The van der Waals surface area contributed by atoms with Crippen LogP contribution in [0, 0.1) is 0 Å². The highest BCUT2D eigenvalue weighted by Crippen LogP contribution is 2.37. The quantitative estimate of drug-likeness (QED) is 0.735. The fraction of sp³-hybridized carbons (Fsp3) is 0.636. The molecule has 1 aliphatic rings. The zero-order valence-corrected chi connectivity index (χ0v) is 9.49. The SMILES string of the molecule is CCOC(=O)c1ncoc1C1(C)CCCO1. The van der Waals surface area contributed by atoms with Gasteiger partial charge in [0.25, 0.3) is 0 Å². The Bertz CT molecular complexity index is 379. The summed E-state index contributed by atoms with van der Waals surface area (Å²) in [5, 5.41) is 0. The zero-order chi connectivity index (χ0) is 11.6. The normalized spacial score (nSPS) is 24.6. The molecule has 5 nitrogen and oxygen atoms in total. The number of ether oxygens (including phenoxy) is 2. The average Bonchev–Trinajstić information content (AvgIpc) is 2.86. The monoisotopic (exact) mass is 225 g/mol. The maximum Gasteiger partial charge on any atom is 0.360 e. The molecule has 0 aromatic carbocycles. The maximum absolute atomic E-state index is 11.6. The number of hydrogen-bond donors (Lipinski definition) is 0. The third-order valence-corrected chi connectivity index (χ3v) is 2.74. The van der Waals surface area contributed by atoms with Gasteiger partial charge in [-0.2, -0.15) is 0 Å². The van der Waals surface area contributed by atoms with Crippen LogP contribution in [0.15, 0.2) is 10.8 Å². The number of nitrogens with zero attached hydrogens (tertiary/aromatic N) is 1. The zero-order valence-electron chi connectivity index (χ0n) is 9.49. The number of oxazole rings is 1. The highest BCUT2D eigenvalue weighted by Gasteiger charge is 2.39. The van der Waals surface area contributed by atoms with E-state index in [2.05, 4.69) is 4.98 Å². The second-order valence-electron chi connectivity index (χ2n) is 3.93. The van der Waals surface area contributed by atoms with Gasteiger partial charge in [-0.15, -0.1) is 0 Å². The molecular formula is C11H15NO4. The van der Waals surface area contributed by atoms with Gasteiger partial charge in [0.2, 0.25) is 0 Å². The van der Waals surface area contributed by atoms with Crippen LogP contribution in [0.1, 0.15) is 42.9 Å². The van der Waals surface area contributed by atoms with Gasteiger partial charge in [-0.3, -0.25) is 0 Å². The van der Waals surface area contributed by atoms with Gasteiger partial charge in [-0.1, -0.05) is 0 Å². The van der Waals surface area contributed by atoms with E-state index in [1.807, 2.05) is 6.92 Å². The van der Waals surface area contributed by atoms with E-state index in [4.69, 9.17) is 13.9 Å². The molecule has 0 aliphatic carbocycles. The van der Waals surface area contributed by atoms with E-state index in [0.717, 1.165) is 12.8 Å². The molecule has 1 fully saturated rings. The van der Waals surface area contributed by atoms with E-state index in [0.29, 0.717) is 19.0 Å². The van der Waals surface area contributed by atoms with Crippen LogP contribution in [0.3, 0.4) is 0 Å². The van der Waals surface area contributed by atoms with Gasteiger partial charge in [0, 0.05) is 6.61 Å². The minimum Gasteiger partial charge on any atom is -0.461 e. The molecule has 1 saturated heterocycles. The van der Waals surface area contributed by atoms with Crippen LogP contribution >= 0.6 is 0 Å². The highest BCUT2D eigenvalue weighted by molar-refractivity contribution is 5.88. The van der Waals surface area contributed by atoms with Crippen molar-refractivity contribution in [1.82, 2.24) is 4.98 Å². The van der Waals surface area contributed by atoms with Gasteiger partial charge in [-0.25, -0.2) is 9.78 Å². The summed E-state index contributed by atoms with van der Waals surface area (Å²) < 4.78 is 15.8. The van der Waals surface area contributed by atoms with Gasteiger partial charge in [0.15, 0.2) is 17.8 Å². The van der Waals surface area contributed by atoms with Crippen LogP contribution in [-0.2, 0) is 15.1 Å². The lowest BCUT2D eigenvalue weighted by molar-refractivity contribution is -0.00286. The summed E-state index contributed by atoms with van der Waals surface area (Å²) in [5.74, 6) is 0.0198. The maximum atomic E-state index is 11.6. The van der Waals surface area contributed by atoms with Crippen LogP contribution < -0.4 is 0 Å². The van der Waals surface area contributed by atoms with Crippen LogP contribution in [0.4, 0.5) is 0 Å². The van der Waals surface area contributed by atoms with Crippen molar-refractivity contribution >= 4 is 5.97 Å². The molecule has 88 valence electrons. The van der Waals surface area contributed by atoms with Crippen molar-refractivity contribution in [2.45, 2.75) is 32.3 Å². The number of esters is 1. The summed E-state index contributed by atoms with van der Waals surface area (Å²) in [6.07, 6.45) is 3.04. The highest BCUT2D eigenvalue weighted by atomic mass is 16.5. The molecule has 1 aromatic heterocycles. The van der Waals surface area contributed by atoms with Crippen molar-refractivity contribution in [2.75, 3.05) is 13.2 Å². The van der Waals surface area contributed by atoms with E-state index in [1.165, 1.54) is 6.39 Å². The molecule has 1 unspecified atom stereocenters. The number of carbonyl (C=O) groups is 1. The van der Waals surface area contributed by atoms with Crippen molar-refractivity contribution in [1.29, 1.82) is 0 Å². The Morgan fingerprint density at radius 3 is 3.12 bits per heavy atom. The standard InChI is InChI=1S/C11H15NO4/c1-3-14-10(13)8-9(15-7-12-8)11(2)5-4-6-16-11/h7H,3-6H2,1-2H3. The van der Waals surface area contributed by atoms with E-state index in [-0.39, 0.29) is 5.69 Å². The summed E-state index contributed by atoms with van der Waals surface area (Å²) in [6, 6.07) is 0. The van der Waals surface area contributed by atoms with E-state index in [9.17, 15) is 4.79 Å². The summed E-state index contributed by atoms with van der Waals surface area (Å²) >= 11 is 0. The first kappa shape index (κ1) is 11.1. The van der Waals surface area contributed by atoms with Gasteiger partial charge in [-0.05, 0) is 26.7 Å². The second kappa shape index (κ2) is 4.25. The van der Waals surface area contributed by atoms with Crippen LogP contribution in [0.25, 0.3) is 0 Å². The number of hydrogen-bond acceptors (Lipinski definition) is 5. The van der Waals surface area contributed by atoms with Gasteiger partial charge in [0.1, 0.15) is 5.60 Å². The average molecular weight is 225 g/mol. The largest absolute Gasteiger partial charge is 0.461 e. The first-order chi connectivity index (χ1) is 7.67. The van der Waals surface area contributed by atoms with Gasteiger partial charge >= 0.3 is 5.97 Å². The Kier molecular flexibility index (Phi) is 2.96. The van der Waals surface area contributed by atoms with Crippen LogP contribution in [0.5, 0.6) is 0 Å². The van der Waals surface area contributed by atoms with E-state index < -0.39 is 11.6 Å². The molecule has 5 heteroatoms. The minimum atomic E-state index is -0.543. The van der Waals surface area contributed by atoms with Crippen LogP contribution in [-0.4, -0.2) is 24.2 Å². The first-order valence-electron chi connectivity index (χ1n) is 5.42. The predicted octanol–water partition coefficient (Wildman–Crippen LogP) is 1.88. The fourth-order valence-corrected chi connectivity index (χ4v) is 1.92. The molecule has 0 N–H and O–H groups in total. The summed E-state index contributed by atoms with van der Waals surface area (Å²) in [4.78, 5) is 15.5. The van der Waals surface area contributed by atoms with Gasteiger partial charge in [0.05, 0.1) is 6.61 Å². The lowest BCUT2D eigenvalue weighted by Crippen LogP contribution is -2.23. The predicted molar refractivity (Wildman–Crippen MR) is 55.0 cm³/mol. The molecule has 1 aromatic rings. The van der Waals surface area contributed by atoms with Crippen molar-refractivity contribution in [3.63, 3.8) is 0 Å². The van der Waals surface area contributed by atoms with Crippen LogP contribution in [0.2, 0.25) is 0 Å². The molecule has 0 saturated carbocycles. The molecular weight excluding hydrogens is 210 g/mol. The molecule has 0 spiro atoms. The molecule has 1 aliphatic heterocycles. The molecule has 0 amide bonds. The summed E-state index contributed by atoms with van der Waals surface area (Å²) in [6.45, 7) is 4.66. The van der Waals surface area contributed by atoms with Crippen molar-refractivity contribution in [3.8, 4) is 0 Å². The summed E-state index contributed by atoms with van der Waals surface area (Å²) in [7, 11) is 0. The molecule has 16 heavy (non-hydrogen) atoms. The molecule has 2 rings (SSSR count). The third-order valence-electron chi connectivity index (χ3n) is 2.74. The van der Waals surface area contributed by atoms with Crippen molar-refractivity contribution in [3.05, 3.63) is 17.8 Å². The Balaban J connectivity index is 2.28. The second-order valence-corrected chi connectivity index (χ2v) is 3.93. The number of carbonyl (C=O) groups excluding carboxylic acids is 1. The van der Waals surface area contributed by atoms with Gasteiger partial charge < -0.3 is 13.9 Å². The van der Waals surface area contributed by atoms with Crippen molar-refractivity contribution < 1.29 is 18.7 Å². The topological polar surface area (TPSA) is 61.6 Å². The molecule has 0 radical (unpaired) electrons. The minimum absolute atomic E-state index is 0.228. The Hall–Kier alpha value is -1.36. The lowest BCUT2D eigenvalue weighted by Gasteiger charge is -2.20. The number of rotatable bonds is 3.